The average molecular weight is 333 g/mol. The van der Waals surface area contributed by atoms with E-state index in [9.17, 15) is 0 Å². The highest BCUT2D eigenvalue weighted by atomic mass is 16.5. The fourth-order valence-corrected chi connectivity index (χ4v) is 2.29. The number of ether oxygens (including phenoxy) is 3. The van der Waals surface area contributed by atoms with Crippen LogP contribution >= 0.6 is 0 Å². The molecule has 3 rings (SSSR count). The predicted molar refractivity (Wildman–Crippen MR) is 99.8 cm³/mol. The average Bonchev–Trinajstić information content (AvgIpc) is 2.68. The van der Waals surface area contributed by atoms with E-state index in [4.69, 9.17) is 14.2 Å². The van der Waals surface area contributed by atoms with Crippen molar-refractivity contribution in [2.45, 2.75) is 0 Å². The van der Waals surface area contributed by atoms with Crippen molar-refractivity contribution in [3.8, 4) is 23.0 Å². The Morgan fingerprint density at radius 1 is 0.720 bits per heavy atom. The summed E-state index contributed by atoms with van der Waals surface area (Å²) < 4.78 is 16.3. The van der Waals surface area contributed by atoms with Crippen LogP contribution in [0.4, 0.5) is 5.69 Å². The Morgan fingerprint density at radius 2 is 1.40 bits per heavy atom. The van der Waals surface area contributed by atoms with Gasteiger partial charge in [0.25, 0.3) is 0 Å². The van der Waals surface area contributed by atoms with Gasteiger partial charge in [-0.3, -0.25) is 4.99 Å². The lowest BCUT2D eigenvalue weighted by Gasteiger charge is -2.07. The zero-order valence-electron chi connectivity index (χ0n) is 14.2. The van der Waals surface area contributed by atoms with Crippen LogP contribution in [0, 0.1) is 0 Å². The minimum atomic E-state index is 0.715. The first kappa shape index (κ1) is 16.6. The van der Waals surface area contributed by atoms with Gasteiger partial charge >= 0.3 is 0 Å². The van der Waals surface area contributed by atoms with Crippen molar-refractivity contribution >= 4 is 11.9 Å². The molecule has 0 aliphatic rings. The van der Waals surface area contributed by atoms with Crippen LogP contribution in [0.2, 0.25) is 0 Å². The molecule has 4 heteroatoms. The smallest absolute Gasteiger partial charge is 0.131 e. The summed E-state index contributed by atoms with van der Waals surface area (Å²) in [6.07, 6.45) is 1.77. The third-order valence-electron chi connectivity index (χ3n) is 3.61. The zero-order valence-corrected chi connectivity index (χ0v) is 14.2. The highest BCUT2D eigenvalue weighted by Crippen LogP contribution is 2.26. The molecule has 25 heavy (non-hydrogen) atoms. The second kappa shape index (κ2) is 8.02. The third kappa shape index (κ3) is 4.38. The summed E-state index contributed by atoms with van der Waals surface area (Å²) in [5.41, 5.74) is 1.71. The van der Waals surface area contributed by atoms with E-state index in [0.29, 0.717) is 5.75 Å². The maximum Gasteiger partial charge on any atom is 0.131 e. The maximum absolute atomic E-state index is 5.77. The van der Waals surface area contributed by atoms with E-state index in [1.165, 1.54) is 0 Å². The second-order valence-corrected chi connectivity index (χ2v) is 5.28. The number of methoxy groups -OCH3 is 2. The van der Waals surface area contributed by atoms with Gasteiger partial charge in [-0.1, -0.05) is 18.2 Å². The monoisotopic (exact) mass is 333 g/mol. The molecule has 3 aromatic carbocycles. The number of para-hydroxylation sites is 1. The molecule has 4 nitrogen and oxygen atoms in total. The molecule has 0 aliphatic carbocycles. The molecular weight excluding hydrogens is 314 g/mol. The van der Waals surface area contributed by atoms with E-state index in [-0.39, 0.29) is 0 Å². The first-order valence-corrected chi connectivity index (χ1v) is 7.87. The lowest BCUT2D eigenvalue weighted by Crippen LogP contribution is -1.92. The van der Waals surface area contributed by atoms with Crippen LogP contribution in [0.25, 0.3) is 0 Å². The van der Waals surface area contributed by atoms with Gasteiger partial charge in [-0.25, -0.2) is 0 Å². The summed E-state index contributed by atoms with van der Waals surface area (Å²) in [7, 11) is 3.25. The van der Waals surface area contributed by atoms with Gasteiger partial charge in [0.15, 0.2) is 0 Å². The molecular formula is C21H19NO3. The SMILES string of the molecule is COc1ccc(C=Nc2ccc(Oc3ccccc3)cc2)c(OC)c1. The molecule has 0 heterocycles. The summed E-state index contributed by atoms with van der Waals surface area (Å²) in [4.78, 5) is 4.49. The van der Waals surface area contributed by atoms with Crippen molar-refractivity contribution in [2.75, 3.05) is 14.2 Å². The molecule has 0 amide bonds. The van der Waals surface area contributed by atoms with Crippen LogP contribution in [0.15, 0.2) is 77.8 Å². The Morgan fingerprint density at radius 3 is 2.08 bits per heavy atom. The molecule has 3 aromatic rings. The Labute approximate surface area is 147 Å². The third-order valence-corrected chi connectivity index (χ3v) is 3.61. The lowest BCUT2D eigenvalue weighted by atomic mass is 10.2. The quantitative estimate of drug-likeness (QED) is 0.579. The summed E-state index contributed by atoms with van der Waals surface area (Å²) in [5, 5.41) is 0. The van der Waals surface area contributed by atoms with Crippen molar-refractivity contribution in [3.05, 3.63) is 78.4 Å². The van der Waals surface area contributed by atoms with Gasteiger partial charge in [-0.2, -0.15) is 0 Å². The largest absolute Gasteiger partial charge is 0.497 e. The fourth-order valence-electron chi connectivity index (χ4n) is 2.29. The van der Waals surface area contributed by atoms with Gasteiger partial charge in [0.2, 0.25) is 0 Å². The molecule has 0 aromatic heterocycles. The highest BCUT2D eigenvalue weighted by Gasteiger charge is 2.03. The minimum absolute atomic E-state index is 0.715. The van der Waals surface area contributed by atoms with Gasteiger partial charge in [-0.15, -0.1) is 0 Å². The lowest BCUT2D eigenvalue weighted by molar-refractivity contribution is 0.394. The van der Waals surface area contributed by atoms with Crippen molar-refractivity contribution in [1.29, 1.82) is 0 Å². The van der Waals surface area contributed by atoms with E-state index in [1.807, 2.05) is 72.8 Å². The van der Waals surface area contributed by atoms with Crippen LogP contribution < -0.4 is 14.2 Å². The Kier molecular flexibility index (Phi) is 5.32. The van der Waals surface area contributed by atoms with E-state index in [1.54, 1.807) is 20.4 Å². The van der Waals surface area contributed by atoms with Gasteiger partial charge in [0.1, 0.15) is 23.0 Å². The number of benzene rings is 3. The molecule has 0 saturated heterocycles. The molecule has 0 fully saturated rings. The molecule has 0 spiro atoms. The molecule has 0 bridgehead atoms. The van der Waals surface area contributed by atoms with Crippen LogP contribution in [0.3, 0.4) is 0 Å². The Balaban J connectivity index is 1.72. The molecule has 0 aliphatic heterocycles. The number of nitrogens with zero attached hydrogens (tertiary/aromatic N) is 1. The number of rotatable bonds is 6. The van der Waals surface area contributed by atoms with Gasteiger partial charge < -0.3 is 14.2 Å². The molecule has 126 valence electrons. The molecule has 0 saturated carbocycles. The van der Waals surface area contributed by atoms with E-state index in [0.717, 1.165) is 28.5 Å². The van der Waals surface area contributed by atoms with Gasteiger partial charge in [0.05, 0.1) is 19.9 Å². The predicted octanol–water partition coefficient (Wildman–Crippen LogP) is 5.25. The van der Waals surface area contributed by atoms with E-state index < -0.39 is 0 Å². The maximum atomic E-state index is 5.77. The van der Waals surface area contributed by atoms with Gasteiger partial charge in [0, 0.05) is 17.8 Å². The molecule has 0 atom stereocenters. The van der Waals surface area contributed by atoms with Crippen molar-refractivity contribution in [2.24, 2.45) is 4.99 Å². The Hall–Kier alpha value is -3.27. The van der Waals surface area contributed by atoms with Crippen LogP contribution in [0.5, 0.6) is 23.0 Å². The van der Waals surface area contributed by atoms with Crippen molar-refractivity contribution in [1.82, 2.24) is 0 Å². The van der Waals surface area contributed by atoms with Crippen LogP contribution in [-0.4, -0.2) is 20.4 Å². The minimum Gasteiger partial charge on any atom is -0.497 e. The van der Waals surface area contributed by atoms with Crippen molar-refractivity contribution < 1.29 is 14.2 Å². The van der Waals surface area contributed by atoms with Crippen LogP contribution in [-0.2, 0) is 0 Å². The summed E-state index contributed by atoms with van der Waals surface area (Å²) in [6.45, 7) is 0. The Bertz CT molecular complexity index is 843. The number of hydrogen-bond donors (Lipinski definition) is 0. The fraction of sp³-hybridized carbons (Fsp3) is 0.0952. The zero-order chi connectivity index (χ0) is 17.5. The highest BCUT2D eigenvalue weighted by molar-refractivity contribution is 5.85. The van der Waals surface area contributed by atoms with E-state index in [2.05, 4.69) is 4.99 Å². The second-order valence-electron chi connectivity index (χ2n) is 5.28. The van der Waals surface area contributed by atoms with Gasteiger partial charge in [-0.05, 0) is 48.5 Å². The first-order valence-electron chi connectivity index (χ1n) is 7.87. The number of aliphatic imine (C=N–C) groups is 1. The summed E-state index contributed by atoms with van der Waals surface area (Å²) in [5.74, 6) is 3.04. The number of hydrogen-bond acceptors (Lipinski definition) is 4. The van der Waals surface area contributed by atoms with Crippen molar-refractivity contribution in [3.63, 3.8) is 0 Å². The standard InChI is InChI=1S/C21H19NO3/c1-23-20-11-8-16(21(14-20)24-2)15-22-17-9-12-19(13-10-17)25-18-6-4-3-5-7-18/h3-15H,1-2H3. The molecule has 0 radical (unpaired) electrons. The first-order chi connectivity index (χ1) is 12.3. The summed E-state index contributed by atoms with van der Waals surface area (Å²) in [6, 6.07) is 22.9. The van der Waals surface area contributed by atoms with Crippen LogP contribution in [0.1, 0.15) is 5.56 Å². The molecule has 0 N–H and O–H groups in total. The van der Waals surface area contributed by atoms with E-state index >= 15 is 0 Å². The molecule has 0 unspecified atom stereocenters. The normalized spacial score (nSPS) is 10.6. The topological polar surface area (TPSA) is 40.0 Å². The summed E-state index contributed by atoms with van der Waals surface area (Å²) >= 11 is 0.